The number of hydrogen-bond donors (Lipinski definition) is 1. The molecule has 0 radical (unpaired) electrons. The van der Waals surface area contributed by atoms with E-state index in [2.05, 4.69) is 27.1 Å². The molecule has 0 aliphatic carbocycles. The maximum atomic E-state index is 13.2. The van der Waals surface area contributed by atoms with Crippen molar-refractivity contribution in [2.45, 2.75) is 25.1 Å². The van der Waals surface area contributed by atoms with Crippen LogP contribution in [0, 0.1) is 5.82 Å². The third-order valence-electron chi connectivity index (χ3n) is 3.77. The van der Waals surface area contributed by atoms with Crippen molar-refractivity contribution in [3.05, 3.63) is 29.8 Å². The summed E-state index contributed by atoms with van der Waals surface area (Å²) in [7, 11) is 0. The van der Waals surface area contributed by atoms with Crippen LogP contribution < -0.4 is 0 Å². The number of nitrogens with zero attached hydrogens (tertiary/aromatic N) is 3. The predicted octanol–water partition coefficient (Wildman–Crippen LogP) is 2.70. The van der Waals surface area contributed by atoms with Gasteiger partial charge >= 0.3 is 0 Å². The average molecular weight is 279 g/mol. The van der Waals surface area contributed by atoms with Gasteiger partial charge in [0.2, 0.25) is 0 Å². The first-order chi connectivity index (χ1) is 9.28. The molecule has 2 heterocycles. The zero-order chi connectivity index (χ0) is 13.2. The second-order valence-electron chi connectivity index (χ2n) is 5.02. The van der Waals surface area contributed by atoms with Gasteiger partial charge in [-0.15, -0.1) is 0 Å². The zero-order valence-corrected chi connectivity index (χ0v) is 11.7. The summed E-state index contributed by atoms with van der Waals surface area (Å²) in [6.07, 6.45) is 2.60. The third kappa shape index (κ3) is 2.62. The highest BCUT2D eigenvalue weighted by Gasteiger charge is 2.14. The van der Waals surface area contributed by atoms with Gasteiger partial charge in [0, 0.05) is 24.9 Å². The molecular formula is C14H18FN3S. The van der Waals surface area contributed by atoms with Gasteiger partial charge in [-0.2, -0.15) is 12.6 Å². The van der Waals surface area contributed by atoms with Crippen molar-refractivity contribution in [3.8, 4) is 0 Å². The topological polar surface area (TPSA) is 21.1 Å². The molecule has 1 aliphatic rings. The lowest BCUT2D eigenvalue weighted by Crippen LogP contribution is -2.24. The van der Waals surface area contributed by atoms with Gasteiger partial charge in [0.05, 0.1) is 11.0 Å². The highest BCUT2D eigenvalue weighted by atomic mass is 32.1. The zero-order valence-electron chi connectivity index (χ0n) is 10.8. The van der Waals surface area contributed by atoms with Crippen LogP contribution in [0.1, 0.15) is 18.7 Å². The van der Waals surface area contributed by atoms with Crippen molar-refractivity contribution in [2.75, 3.05) is 19.6 Å². The Hall–Kier alpha value is -1.07. The molecule has 0 saturated carbocycles. The number of imidazole rings is 1. The Bertz CT molecular complexity index is 575. The summed E-state index contributed by atoms with van der Waals surface area (Å²) in [6, 6.07) is 4.81. The lowest BCUT2D eigenvalue weighted by molar-refractivity contribution is 0.323. The van der Waals surface area contributed by atoms with Crippen LogP contribution in [-0.2, 0) is 12.3 Å². The van der Waals surface area contributed by atoms with Gasteiger partial charge in [-0.1, -0.05) is 0 Å². The van der Waals surface area contributed by atoms with E-state index in [1.165, 1.54) is 38.1 Å². The van der Waals surface area contributed by atoms with Crippen LogP contribution in [0.3, 0.4) is 0 Å². The number of likely N-dealkylation sites (tertiary alicyclic amines) is 1. The van der Waals surface area contributed by atoms with E-state index >= 15 is 0 Å². The largest absolute Gasteiger partial charge is 0.326 e. The number of fused-ring (bicyclic) bond motifs is 1. The molecule has 1 fully saturated rings. The molecule has 19 heavy (non-hydrogen) atoms. The van der Waals surface area contributed by atoms with E-state index in [0.29, 0.717) is 5.75 Å². The molecule has 0 amide bonds. The predicted molar refractivity (Wildman–Crippen MR) is 78.1 cm³/mol. The van der Waals surface area contributed by atoms with E-state index in [1.807, 2.05) is 6.07 Å². The van der Waals surface area contributed by atoms with Gasteiger partial charge in [0.15, 0.2) is 0 Å². The maximum Gasteiger partial charge on any atom is 0.125 e. The Kier molecular flexibility index (Phi) is 3.75. The first-order valence-corrected chi connectivity index (χ1v) is 7.39. The van der Waals surface area contributed by atoms with E-state index in [1.54, 1.807) is 0 Å². The van der Waals surface area contributed by atoms with Gasteiger partial charge in [0.1, 0.15) is 11.6 Å². The number of hydrogen-bond acceptors (Lipinski definition) is 3. The molecule has 0 bridgehead atoms. The van der Waals surface area contributed by atoms with Crippen molar-refractivity contribution in [1.82, 2.24) is 14.5 Å². The van der Waals surface area contributed by atoms with Crippen LogP contribution in [0.15, 0.2) is 18.2 Å². The number of halogens is 1. The summed E-state index contributed by atoms with van der Waals surface area (Å²) in [5, 5.41) is 0. The van der Waals surface area contributed by atoms with Gasteiger partial charge in [-0.3, -0.25) is 0 Å². The highest BCUT2D eigenvalue weighted by molar-refractivity contribution is 7.79. The van der Waals surface area contributed by atoms with E-state index < -0.39 is 0 Å². The van der Waals surface area contributed by atoms with E-state index in [-0.39, 0.29) is 5.82 Å². The normalized spacial score (nSPS) is 16.5. The van der Waals surface area contributed by atoms with E-state index in [0.717, 1.165) is 29.9 Å². The molecule has 102 valence electrons. The van der Waals surface area contributed by atoms with Crippen molar-refractivity contribution >= 4 is 23.7 Å². The molecule has 0 N–H and O–H groups in total. The Morgan fingerprint density at radius 3 is 2.74 bits per heavy atom. The molecule has 1 saturated heterocycles. The summed E-state index contributed by atoms with van der Waals surface area (Å²) >= 11 is 4.33. The molecule has 3 nitrogen and oxygen atoms in total. The smallest absolute Gasteiger partial charge is 0.125 e. The number of thiol groups is 1. The van der Waals surface area contributed by atoms with Crippen molar-refractivity contribution in [2.24, 2.45) is 0 Å². The van der Waals surface area contributed by atoms with Gasteiger partial charge in [-0.25, -0.2) is 9.37 Å². The molecule has 1 aromatic heterocycles. The summed E-state index contributed by atoms with van der Waals surface area (Å²) in [6.45, 7) is 4.32. The second kappa shape index (κ2) is 5.51. The summed E-state index contributed by atoms with van der Waals surface area (Å²) < 4.78 is 15.4. The molecule has 5 heteroatoms. The van der Waals surface area contributed by atoms with Gasteiger partial charge < -0.3 is 9.47 Å². The van der Waals surface area contributed by atoms with Crippen LogP contribution in [-0.4, -0.2) is 34.1 Å². The molecule has 0 spiro atoms. The fourth-order valence-corrected chi connectivity index (χ4v) is 3.01. The number of aromatic nitrogens is 2. The van der Waals surface area contributed by atoms with Crippen LogP contribution in [0.4, 0.5) is 4.39 Å². The van der Waals surface area contributed by atoms with Crippen molar-refractivity contribution in [1.29, 1.82) is 0 Å². The molecule has 0 unspecified atom stereocenters. The summed E-state index contributed by atoms with van der Waals surface area (Å²) in [4.78, 5) is 6.94. The fraction of sp³-hybridized carbons (Fsp3) is 0.500. The highest BCUT2D eigenvalue weighted by Crippen LogP contribution is 2.19. The van der Waals surface area contributed by atoms with Crippen molar-refractivity contribution < 1.29 is 4.39 Å². The molecule has 0 atom stereocenters. The van der Waals surface area contributed by atoms with E-state index in [9.17, 15) is 4.39 Å². The van der Waals surface area contributed by atoms with Crippen LogP contribution in [0.25, 0.3) is 11.0 Å². The first kappa shape index (κ1) is 12.9. The number of rotatable bonds is 4. The lowest BCUT2D eigenvalue weighted by Gasteiger charge is -2.16. The van der Waals surface area contributed by atoms with E-state index in [4.69, 9.17) is 0 Å². The summed E-state index contributed by atoms with van der Waals surface area (Å²) in [5.74, 6) is 1.27. The maximum absolute atomic E-state index is 13.2. The monoisotopic (exact) mass is 279 g/mol. The molecule has 3 rings (SSSR count). The van der Waals surface area contributed by atoms with Crippen LogP contribution >= 0.6 is 12.6 Å². The number of benzene rings is 1. The lowest BCUT2D eigenvalue weighted by atomic mass is 10.3. The van der Waals surface area contributed by atoms with Crippen molar-refractivity contribution in [3.63, 3.8) is 0 Å². The SMILES string of the molecule is Fc1ccc2c(c1)nc(CS)n2CCN1CCCC1. The second-order valence-corrected chi connectivity index (χ2v) is 5.34. The first-order valence-electron chi connectivity index (χ1n) is 6.76. The van der Waals surface area contributed by atoms with Crippen LogP contribution in [0.2, 0.25) is 0 Å². The molecule has 1 aliphatic heterocycles. The minimum absolute atomic E-state index is 0.234. The fourth-order valence-electron chi connectivity index (χ4n) is 2.77. The molecule has 1 aromatic carbocycles. The Morgan fingerprint density at radius 2 is 2.00 bits per heavy atom. The Balaban J connectivity index is 1.87. The average Bonchev–Trinajstić information content (AvgIpc) is 3.02. The quantitative estimate of drug-likeness (QED) is 0.869. The minimum Gasteiger partial charge on any atom is -0.326 e. The summed E-state index contributed by atoms with van der Waals surface area (Å²) in [5.41, 5.74) is 1.73. The Morgan fingerprint density at radius 1 is 1.21 bits per heavy atom. The third-order valence-corrected chi connectivity index (χ3v) is 4.05. The molecule has 2 aromatic rings. The van der Waals surface area contributed by atoms with Gasteiger partial charge in [0.25, 0.3) is 0 Å². The standard InChI is InChI=1S/C14H18FN3S/c15-11-3-4-13-12(9-11)16-14(10-19)18(13)8-7-17-5-1-2-6-17/h3-4,9,19H,1-2,5-8,10H2. The minimum atomic E-state index is -0.234. The molecular weight excluding hydrogens is 261 g/mol. The van der Waals surface area contributed by atoms with Crippen LogP contribution in [0.5, 0.6) is 0 Å². The van der Waals surface area contributed by atoms with Gasteiger partial charge in [-0.05, 0) is 38.1 Å². The Labute approximate surface area is 117 Å².